The van der Waals surface area contributed by atoms with Crippen molar-refractivity contribution in [2.75, 3.05) is 18.4 Å². The second kappa shape index (κ2) is 18.3. The SMILES string of the molecule is CC(C(=O)NCC(F)(F)CNC(=O)OC(C)(C)C)c1ccc(NC(=O)C(NC(=O)c2ccnn2C(C)C)C(C2CCCCC2)C2CCCCC2)c(F)c1. The number of benzene rings is 1. The van der Waals surface area contributed by atoms with E-state index in [-0.39, 0.29) is 35.0 Å². The Morgan fingerprint density at radius 1 is 0.868 bits per heavy atom. The number of carbonyl (C=O) groups excluding carboxylic acids is 4. The summed E-state index contributed by atoms with van der Waals surface area (Å²) < 4.78 is 51.1. The van der Waals surface area contributed by atoms with Gasteiger partial charge in [0.1, 0.15) is 23.2 Å². The molecular weight excluding hydrogens is 689 g/mol. The number of nitrogens with one attached hydrogen (secondary N) is 4. The van der Waals surface area contributed by atoms with E-state index < -0.39 is 66.2 Å². The molecule has 2 atom stereocenters. The topological polar surface area (TPSA) is 143 Å². The predicted octanol–water partition coefficient (Wildman–Crippen LogP) is 7.50. The Kier molecular flexibility index (Phi) is 14.4. The van der Waals surface area contributed by atoms with Gasteiger partial charge in [0, 0.05) is 12.2 Å². The zero-order valence-electron chi connectivity index (χ0n) is 31.9. The van der Waals surface area contributed by atoms with Gasteiger partial charge in [-0.15, -0.1) is 0 Å². The smallest absolute Gasteiger partial charge is 0.407 e. The summed E-state index contributed by atoms with van der Waals surface area (Å²) in [6.45, 7) is 7.98. The van der Waals surface area contributed by atoms with Gasteiger partial charge >= 0.3 is 6.09 Å². The number of alkyl carbamates (subject to hydrolysis) is 1. The van der Waals surface area contributed by atoms with Gasteiger partial charge in [-0.2, -0.15) is 5.10 Å². The van der Waals surface area contributed by atoms with Gasteiger partial charge in [0.05, 0.1) is 24.7 Å². The van der Waals surface area contributed by atoms with E-state index >= 15 is 4.39 Å². The lowest BCUT2D eigenvalue weighted by atomic mass is 9.66. The van der Waals surface area contributed by atoms with E-state index in [4.69, 9.17) is 4.74 Å². The molecule has 0 spiro atoms. The molecule has 0 saturated heterocycles. The van der Waals surface area contributed by atoms with Crippen molar-refractivity contribution in [2.45, 2.75) is 135 Å². The van der Waals surface area contributed by atoms with E-state index in [1.165, 1.54) is 19.1 Å². The minimum Gasteiger partial charge on any atom is -0.444 e. The first kappa shape index (κ1) is 41.7. The average molecular weight is 747 g/mol. The lowest BCUT2D eigenvalue weighted by Crippen LogP contribution is -2.53. The molecule has 0 aliphatic heterocycles. The van der Waals surface area contributed by atoms with E-state index in [2.05, 4.69) is 21.0 Å². The summed E-state index contributed by atoms with van der Waals surface area (Å²) in [7, 11) is 0. The van der Waals surface area contributed by atoms with Gasteiger partial charge < -0.3 is 26.0 Å². The Labute approximate surface area is 310 Å². The average Bonchev–Trinajstić information content (AvgIpc) is 3.61. The molecule has 4 rings (SSSR count). The Morgan fingerprint density at radius 2 is 1.45 bits per heavy atom. The second-order valence-corrected chi connectivity index (χ2v) is 16.0. The van der Waals surface area contributed by atoms with Crippen molar-refractivity contribution in [2.24, 2.45) is 17.8 Å². The Bertz CT molecular complexity index is 1540. The summed E-state index contributed by atoms with van der Waals surface area (Å²) in [5.74, 6) is -6.69. The van der Waals surface area contributed by atoms with Crippen LogP contribution in [0.15, 0.2) is 30.5 Å². The van der Waals surface area contributed by atoms with Crippen molar-refractivity contribution in [3.8, 4) is 0 Å². The highest BCUT2D eigenvalue weighted by Gasteiger charge is 2.42. The first-order chi connectivity index (χ1) is 25.0. The Balaban J connectivity index is 1.49. The molecular formula is C39H57F3N6O5. The van der Waals surface area contributed by atoms with Gasteiger partial charge in [-0.25, -0.2) is 18.0 Å². The lowest BCUT2D eigenvalue weighted by molar-refractivity contribution is -0.124. The standard InChI is InChI=1S/C39H57F3N6O5/c1-24(2)48-31(19-20-45-48)35(50)47-33(32(26-13-9-7-10-14-26)27-15-11-8-12-16-27)36(51)46-30-18-17-28(21-29(30)40)25(3)34(49)43-22-39(41,42)23-44-37(52)53-38(4,5)6/h17-21,24-27,32-33H,7-16,22-23H2,1-6H3,(H,43,49)(H,44,52)(H,46,51)(H,47,50). The van der Waals surface area contributed by atoms with Crippen LogP contribution in [0.5, 0.6) is 0 Å². The summed E-state index contributed by atoms with van der Waals surface area (Å²) in [6, 6.07) is 4.50. The third-order valence-corrected chi connectivity index (χ3v) is 10.3. The van der Waals surface area contributed by atoms with Crippen LogP contribution in [0.25, 0.3) is 0 Å². The Hall–Kier alpha value is -4.10. The van der Waals surface area contributed by atoms with Crippen LogP contribution in [0.4, 0.5) is 23.7 Å². The predicted molar refractivity (Wildman–Crippen MR) is 196 cm³/mol. The summed E-state index contributed by atoms with van der Waals surface area (Å²) >= 11 is 0. The van der Waals surface area contributed by atoms with Gasteiger partial charge in [0.25, 0.3) is 11.8 Å². The van der Waals surface area contributed by atoms with Crippen molar-refractivity contribution < 1.29 is 37.1 Å². The molecule has 2 aromatic rings. The summed E-state index contributed by atoms with van der Waals surface area (Å²) in [5, 5.41) is 14.3. The molecule has 294 valence electrons. The fourth-order valence-electron chi connectivity index (χ4n) is 7.64. The molecule has 4 N–H and O–H groups in total. The first-order valence-corrected chi connectivity index (χ1v) is 19.0. The summed E-state index contributed by atoms with van der Waals surface area (Å²) in [6.07, 6.45) is 10.9. The number of amides is 4. The van der Waals surface area contributed by atoms with Crippen molar-refractivity contribution in [3.05, 3.63) is 47.5 Å². The van der Waals surface area contributed by atoms with Crippen molar-refractivity contribution >= 4 is 29.5 Å². The molecule has 14 heteroatoms. The van der Waals surface area contributed by atoms with Crippen LogP contribution in [0.1, 0.15) is 134 Å². The van der Waals surface area contributed by atoms with Gasteiger partial charge in [-0.3, -0.25) is 19.1 Å². The van der Waals surface area contributed by atoms with Crippen LogP contribution in [0.3, 0.4) is 0 Å². The van der Waals surface area contributed by atoms with Gasteiger partial charge in [-0.05, 0) is 83.1 Å². The van der Waals surface area contributed by atoms with Gasteiger partial charge in [0.2, 0.25) is 11.8 Å². The minimum absolute atomic E-state index is 0.0831. The van der Waals surface area contributed by atoms with Crippen LogP contribution in [-0.4, -0.2) is 64.3 Å². The number of hydrogen-bond acceptors (Lipinski definition) is 6. The van der Waals surface area contributed by atoms with Crippen LogP contribution in [0, 0.1) is 23.6 Å². The van der Waals surface area contributed by atoms with Gasteiger partial charge in [-0.1, -0.05) is 70.3 Å². The van der Waals surface area contributed by atoms with Crippen molar-refractivity contribution in [1.29, 1.82) is 0 Å². The number of alkyl halides is 2. The van der Waals surface area contributed by atoms with Crippen LogP contribution < -0.4 is 21.3 Å². The molecule has 0 bridgehead atoms. The molecule has 2 aliphatic carbocycles. The van der Waals surface area contributed by atoms with E-state index in [0.29, 0.717) is 5.69 Å². The number of anilines is 1. The minimum atomic E-state index is -3.47. The molecule has 4 amide bonds. The third-order valence-electron chi connectivity index (χ3n) is 10.3. The summed E-state index contributed by atoms with van der Waals surface area (Å²) in [5.41, 5.74) is -0.436. The quantitative estimate of drug-likeness (QED) is 0.158. The molecule has 0 radical (unpaired) electrons. The number of aromatic nitrogens is 2. The number of rotatable bonds is 14. The van der Waals surface area contributed by atoms with E-state index in [0.717, 1.165) is 70.3 Å². The van der Waals surface area contributed by atoms with Crippen molar-refractivity contribution in [3.63, 3.8) is 0 Å². The monoisotopic (exact) mass is 746 g/mol. The highest BCUT2D eigenvalue weighted by molar-refractivity contribution is 6.01. The normalized spacial score (nSPS) is 17.3. The largest absolute Gasteiger partial charge is 0.444 e. The zero-order valence-corrected chi connectivity index (χ0v) is 31.9. The molecule has 2 saturated carbocycles. The molecule has 2 unspecified atom stereocenters. The van der Waals surface area contributed by atoms with Crippen LogP contribution in [-0.2, 0) is 14.3 Å². The lowest BCUT2D eigenvalue weighted by Gasteiger charge is -2.42. The second-order valence-electron chi connectivity index (χ2n) is 16.0. The maximum Gasteiger partial charge on any atom is 0.407 e. The zero-order chi connectivity index (χ0) is 38.9. The molecule has 1 aromatic heterocycles. The van der Waals surface area contributed by atoms with Crippen LogP contribution in [0.2, 0.25) is 0 Å². The summed E-state index contributed by atoms with van der Waals surface area (Å²) in [4.78, 5) is 52.7. The molecule has 1 heterocycles. The number of halogens is 3. The van der Waals surface area contributed by atoms with E-state index in [1.807, 2.05) is 19.2 Å². The fraction of sp³-hybridized carbons (Fsp3) is 0.667. The molecule has 2 aliphatic rings. The molecule has 2 fully saturated rings. The van der Waals surface area contributed by atoms with E-state index in [9.17, 15) is 28.0 Å². The maximum absolute atomic E-state index is 15.7. The van der Waals surface area contributed by atoms with Crippen molar-refractivity contribution in [1.82, 2.24) is 25.7 Å². The maximum atomic E-state index is 15.7. The molecule has 1 aromatic carbocycles. The molecule has 53 heavy (non-hydrogen) atoms. The highest BCUT2D eigenvalue weighted by atomic mass is 19.3. The van der Waals surface area contributed by atoms with Gasteiger partial charge in [0.15, 0.2) is 0 Å². The number of ether oxygens (including phenoxy) is 1. The van der Waals surface area contributed by atoms with E-state index in [1.54, 1.807) is 37.7 Å². The number of nitrogens with zero attached hydrogens (tertiary/aromatic N) is 2. The number of hydrogen-bond donors (Lipinski definition) is 4. The molecule has 11 nitrogen and oxygen atoms in total. The fourth-order valence-corrected chi connectivity index (χ4v) is 7.64. The third kappa shape index (κ3) is 11.9. The highest BCUT2D eigenvalue weighted by Crippen LogP contribution is 2.42. The number of carbonyl (C=O) groups is 4. The van der Waals surface area contributed by atoms with Crippen LogP contribution >= 0.6 is 0 Å². The Morgan fingerprint density at radius 3 is 2.00 bits per heavy atom. The first-order valence-electron chi connectivity index (χ1n) is 19.0.